The number of aliphatic imine (C=N–C) groups is 1. The van der Waals surface area contributed by atoms with Crippen LogP contribution >= 0.6 is 35.6 Å². The van der Waals surface area contributed by atoms with Crippen molar-refractivity contribution in [1.29, 1.82) is 0 Å². The van der Waals surface area contributed by atoms with Gasteiger partial charge in [0.25, 0.3) is 0 Å². The maximum Gasteiger partial charge on any atom is 0.225 e. The number of hydrogen-bond donors (Lipinski definition) is 2. The Morgan fingerprint density at radius 2 is 1.97 bits per heavy atom. The third-order valence-electron chi connectivity index (χ3n) is 5.89. The highest BCUT2D eigenvalue weighted by molar-refractivity contribution is 14.0. The Morgan fingerprint density at radius 1 is 1.21 bits per heavy atom. The first-order chi connectivity index (χ1) is 13.7. The summed E-state index contributed by atoms with van der Waals surface area (Å²) < 4.78 is 0. The number of aryl methyl sites for hydroxylation is 1. The predicted molar refractivity (Wildman–Crippen MR) is 131 cm³/mol. The molecule has 0 aromatic heterocycles. The maximum atomic E-state index is 12.7. The number of benzene rings is 1. The summed E-state index contributed by atoms with van der Waals surface area (Å²) in [5, 5.41) is 7.70. The zero-order chi connectivity index (χ0) is 19.8. The van der Waals surface area contributed by atoms with E-state index in [4.69, 9.17) is 11.6 Å². The lowest BCUT2D eigenvalue weighted by Crippen LogP contribution is -2.45. The molecule has 2 N–H and O–H groups in total. The second-order valence-electron chi connectivity index (χ2n) is 7.94. The van der Waals surface area contributed by atoms with Crippen LogP contribution in [0.5, 0.6) is 0 Å². The van der Waals surface area contributed by atoms with Crippen LogP contribution in [0.3, 0.4) is 0 Å². The highest BCUT2D eigenvalue weighted by atomic mass is 127. The Hall–Kier alpha value is -1.02. The van der Waals surface area contributed by atoms with Crippen LogP contribution in [0.1, 0.15) is 50.5 Å². The number of rotatable bonds is 6. The summed E-state index contributed by atoms with van der Waals surface area (Å²) in [5.41, 5.74) is 1.18. The average molecular weight is 533 g/mol. The van der Waals surface area contributed by atoms with E-state index >= 15 is 0 Å². The van der Waals surface area contributed by atoms with Crippen LogP contribution in [0.15, 0.2) is 29.3 Å². The number of hydrogen-bond acceptors (Lipinski definition) is 2. The highest BCUT2D eigenvalue weighted by Crippen LogP contribution is 2.26. The molecule has 1 unspecified atom stereocenters. The van der Waals surface area contributed by atoms with Gasteiger partial charge in [0.15, 0.2) is 5.96 Å². The molecule has 0 spiro atoms. The first-order valence-electron chi connectivity index (χ1n) is 10.7. The normalized spacial score (nSPS) is 20.3. The molecule has 1 heterocycles. The molecule has 1 aromatic carbocycles. The molecule has 2 aliphatic rings. The minimum absolute atomic E-state index is 0. The van der Waals surface area contributed by atoms with Crippen LogP contribution in [0, 0.1) is 5.92 Å². The van der Waals surface area contributed by atoms with E-state index in [2.05, 4.69) is 26.6 Å². The van der Waals surface area contributed by atoms with Crippen molar-refractivity contribution in [3.63, 3.8) is 0 Å². The van der Waals surface area contributed by atoms with Crippen LogP contribution in [-0.2, 0) is 11.2 Å². The van der Waals surface area contributed by atoms with E-state index in [0.29, 0.717) is 5.91 Å². The lowest BCUT2D eigenvalue weighted by molar-refractivity contribution is -0.135. The van der Waals surface area contributed by atoms with Gasteiger partial charge in [-0.05, 0) is 43.7 Å². The van der Waals surface area contributed by atoms with Gasteiger partial charge in [0, 0.05) is 43.7 Å². The standard InChI is InChI=1S/C22H33ClN4O.HI/c1-24-22(25-14-7-11-17-8-5-6-12-20(17)23)26-19-13-15-27(16-19)21(28)18-9-3-2-4-10-18;/h5-6,8,12,18-19H,2-4,7,9-11,13-16H2,1H3,(H2,24,25,26);1H. The lowest BCUT2D eigenvalue weighted by atomic mass is 9.88. The first kappa shape index (κ1) is 24.3. The van der Waals surface area contributed by atoms with Gasteiger partial charge in [0.2, 0.25) is 5.91 Å². The van der Waals surface area contributed by atoms with Crippen molar-refractivity contribution in [3.05, 3.63) is 34.9 Å². The Morgan fingerprint density at radius 3 is 2.69 bits per heavy atom. The van der Waals surface area contributed by atoms with Crippen molar-refractivity contribution in [2.24, 2.45) is 10.9 Å². The summed E-state index contributed by atoms with van der Waals surface area (Å²) in [6.45, 7) is 2.48. The zero-order valence-electron chi connectivity index (χ0n) is 17.3. The van der Waals surface area contributed by atoms with Gasteiger partial charge in [-0.2, -0.15) is 0 Å². The molecule has 2 fully saturated rings. The molecule has 1 aliphatic carbocycles. The Kier molecular flexibility index (Phi) is 10.6. The van der Waals surface area contributed by atoms with Crippen LogP contribution in [0.2, 0.25) is 5.02 Å². The van der Waals surface area contributed by atoms with Crippen LogP contribution in [0.25, 0.3) is 0 Å². The van der Waals surface area contributed by atoms with Crippen molar-refractivity contribution in [3.8, 4) is 0 Å². The van der Waals surface area contributed by atoms with E-state index in [-0.39, 0.29) is 35.9 Å². The van der Waals surface area contributed by atoms with Gasteiger partial charge in [-0.15, -0.1) is 24.0 Å². The van der Waals surface area contributed by atoms with Gasteiger partial charge in [-0.3, -0.25) is 9.79 Å². The topological polar surface area (TPSA) is 56.7 Å². The van der Waals surface area contributed by atoms with Gasteiger partial charge >= 0.3 is 0 Å². The number of guanidine groups is 1. The van der Waals surface area contributed by atoms with E-state index in [1.807, 2.05) is 18.2 Å². The lowest BCUT2D eigenvalue weighted by Gasteiger charge is -2.26. The number of nitrogens with zero attached hydrogens (tertiary/aromatic N) is 2. The fraction of sp³-hybridized carbons (Fsp3) is 0.636. The predicted octanol–water partition coefficient (Wildman–Crippen LogP) is 4.24. The third kappa shape index (κ3) is 7.31. The minimum Gasteiger partial charge on any atom is -0.356 e. The minimum atomic E-state index is 0. The number of halogens is 2. The fourth-order valence-electron chi connectivity index (χ4n) is 4.26. The number of nitrogens with one attached hydrogen (secondary N) is 2. The molecular weight excluding hydrogens is 499 g/mol. The number of amides is 1. The second kappa shape index (κ2) is 12.6. The van der Waals surface area contributed by atoms with E-state index in [0.717, 1.165) is 62.7 Å². The van der Waals surface area contributed by atoms with Crippen molar-refractivity contribution < 1.29 is 4.79 Å². The Labute approximate surface area is 197 Å². The Bertz CT molecular complexity index is 679. The molecule has 1 saturated heterocycles. The molecular formula is C22H34ClIN4O. The molecule has 29 heavy (non-hydrogen) atoms. The van der Waals surface area contributed by atoms with E-state index in [1.54, 1.807) is 7.05 Å². The summed E-state index contributed by atoms with van der Waals surface area (Å²) in [5.74, 6) is 1.44. The average Bonchev–Trinajstić information content (AvgIpc) is 3.20. The van der Waals surface area contributed by atoms with Crippen molar-refractivity contribution >= 4 is 47.4 Å². The molecule has 3 rings (SSSR count). The first-order valence-corrected chi connectivity index (χ1v) is 11.0. The summed E-state index contributed by atoms with van der Waals surface area (Å²) >= 11 is 6.21. The van der Waals surface area contributed by atoms with Gasteiger partial charge in [0.1, 0.15) is 0 Å². The van der Waals surface area contributed by atoms with Crippen molar-refractivity contribution in [2.45, 2.75) is 57.4 Å². The van der Waals surface area contributed by atoms with Gasteiger partial charge in [0.05, 0.1) is 0 Å². The summed E-state index contributed by atoms with van der Waals surface area (Å²) in [6, 6.07) is 8.27. The number of carbonyl (C=O) groups is 1. The van der Waals surface area contributed by atoms with Gasteiger partial charge in [-0.1, -0.05) is 49.1 Å². The molecule has 7 heteroatoms. The third-order valence-corrected chi connectivity index (χ3v) is 6.26. The van der Waals surface area contributed by atoms with Crippen LogP contribution in [-0.4, -0.2) is 49.5 Å². The van der Waals surface area contributed by atoms with Gasteiger partial charge < -0.3 is 15.5 Å². The molecule has 0 bridgehead atoms. The molecule has 162 valence electrons. The quantitative estimate of drug-likeness (QED) is 0.249. The maximum absolute atomic E-state index is 12.7. The second-order valence-corrected chi connectivity index (χ2v) is 8.35. The van der Waals surface area contributed by atoms with E-state index in [9.17, 15) is 4.79 Å². The molecule has 0 radical (unpaired) electrons. The van der Waals surface area contributed by atoms with E-state index in [1.165, 1.54) is 24.8 Å². The smallest absolute Gasteiger partial charge is 0.225 e. The van der Waals surface area contributed by atoms with Crippen LogP contribution < -0.4 is 10.6 Å². The number of likely N-dealkylation sites (tertiary alicyclic amines) is 1. The monoisotopic (exact) mass is 532 g/mol. The highest BCUT2D eigenvalue weighted by Gasteiger charge is 2.31. The Balaban J connectivity index is 0.00000300. The number of carbonyl (C=O) groups excluding carboxylic acids is 1. The molecule has 1 aromatic rings. The fourth-order valence-corrected chi connectivity index (χ4v) is 4.49. The molecule has 1 saturated carbocycles. The van der Waals surface area contributed by atoms with E-state index < -0.39 is 0 Å². The van der Waals surface area contributed by atoms with Crippen molar-refractivity contribution in [1.82, 2.24) is 15.5 Å². The molecule has 1 aliphatic heterocycles. The van der Waals surface area contributed by atoms with Crippen LogP contribution in [0.4, 0.5) is 0 Å². The van der Waals surface area contributed by atoms with Crippen molar-refractivity contribution in [2.75, 3.05) is 26.7 Å². The summed E-state index contributed by atoms with van der Waals surface area (Å²) in [4.78, 5) is 19.1. The van der Waals surface area contributed by atoms with Gasteiger partial charge in [-0.25, -0.2) is 0 Å². The SMILES string of the molecule is CN=C(NCCCc1ccccc1Cl)NC1CCN(C(=O)C2CCCCC2)C1.I. The molecule has 1 amide bonds. The summed E-state index contributed by atoms with van der Waals surface area (Å²) in [6.07, 6.45) is 8.75. The molecule has 1 atom stereocenters. The largest absolute Gasteiger partial charge is 0.356 e. The zero-order valence-corrected chi connectivity index (χ0v) is 20.4. The molecule has 5 nitrogen and oxygen atoms in total. The summed E-state index contributed by atoms with van der Waals surface area (Å²) in [7, 11) is 1.79.